The summed E-state index contributed by atoms with van der Waals surface area (Å²) in [6, 6.07) is 0. The molecule has 0 fully saturated rings. The first-order chi connectivity index (χ1) is 12.2. The lowest BCUT2D eigenvalue weighted by Gasteiger charge is -2.43. The minimum atomic E-state index is -8.60. The predicted octanol–water partition coefficient (Wildman–Crippen LogP) is 7.15. The highest BCUT2D eigenvalue weighted by molar-refractivity contribution is 9.12. The van der Waals surface area contributed by atoms with E-state index in [2.05, 4.69) is 0 Å². The Labute approximate surface area is 165 Å². The van der Waals surface area contributed by atoms with Crippen LogP contribution >= 0.6 is 31.9 Å². The first-order valence-corrected chi connectivity index (χ1v) is 8.18. The Morgan fingerprint density at radius 2 is 0.690 bits per heavy atom. The maximum absolute atomic E-state index is 13.3. The van der Waals surface area contributed by atoms with Gasteiger partial charge in [0.1, 0.15) is 0 Å². The zero-order valence-corrected chi connectivity index (χ0v) is 15.6. The molecule has 0 aliphatic heterocycles. The van der Waals surface area contributed by atoms with Gasteiger partial charge >= 0.3 is 47.6 Å². The third-order valence-electron chi connectivity index (χ3n) is 3.28. The van der Waals surface area contributed by atoms with Crippen molar-refractivity contribution < 1.29 is 74.6 Å². The summed E-state index contributed by atoms with van der Waals surface area (Å²) in [6.45, 7) is 0. The van der Waals surface area contributed by atoms with Gasteiger partial charge in [-0.05, 0) is 0 Å². The Balaban J connectivity index is 6.73. The van der Waals surface area contributed by atoms with Crippen molar-refractivity contribution >= 4 is 31.9 Å². The minimum Gasteiger partial charge on any atom is -0.198 e. The molecule has 0 aliphatic rings. The Morgan fingerprint density at radius 1 is 0.448 bits per heavy atom. The van der Waals surface area contributed by atoms with E-state index in [0.29, 0.717) is 0 Å². The zero-order valence-electron chi connectivity index (χ0n) is 12.5. The van der Waals surface area contributed by atoms with Crippen molar-refractivity contribution in [2.24, 2.45) is 0 Å². The number of halogens is 19. The fraction of sp³-hybridized carbons (Fsp3) is 1.00. The van der Waals surface area contributed by atoms with Gasteiger partial charge in [0.05, 0.1) is 4.83 Å². The van der Waals surface area contributed by atoms with Crippen molar-refractivity contribution in [1.82, 2.24) is 0 Å². The third-order valence-corrected chi connectivity index (χ3v) is 5.69. The van der Waals surface area contributed by atoms with Crippen LogP contribution in [-0.4, -0.2) is 57.8 Å². The minimum absolute atomic E-state index is 1.45. The molecular formula is C10H3Br2F17. The molecule has 0 bridgehead atoms. The summed E-state index contributed by atoms with van der Waals surface area (Å²) in [5.74, 6) is -56.1. The maximum atomic E-state index is 13.3. The van der Waals surface area contributed by atoms with Gasteiger partial charge in [-0.25, -0.2) is 0 Å². The second kappa shape index (κ2) is 7.43. The van der Waals surface area contributed by atoms with Gasteiger partial charge in [-0.2, -0.15) is 74.6 Å². The van der Waals surface area contributed by atoms with Gasteiger partial charge in [0.25, 0.3) is 0 Å². The monoisotopic (exact) mass is 604 g/mol. The van der Waals surface area contributed by atoms with Crippen LogP contribution in [0.15, 0.2) is 0 Å². The average molecular weight is 606 g/mol. The maximum Gasteiger partial charge on any atom is 0.460 e. The molecule has 29 heavy (non-hydrogen) atoms. The average Bonchev–Trinajstić information content (AvgIpc) is 2.51. The van der Waals surface area contributed by atoms with E-state index in [1.165, 1.54) is 0 Å². The highest BCUT2D eigenvalue weighted by Crippen LogP contribution is 2.64. The zero-order chi connectivity index (χ0) is 24.3. The Bertz CT molecular complexity index is 592. The lowest BCUT2D eigenvalue weighted by molar-refractivity contribution is -0.461. The standard InChI is InChI=1S/C10H3Br2F17/c11-1-2(12)3(13,14)4(15,16)5(17,18)6(19,20)7(21,22)8(23,24)9(25,26)10(27,28)29/h2H,1H2/t2-/m1/s1. The normalized spacial score (nSPS) is 17.5. The molecule has 176 valence electrons. The van der Waals surface area contributed by atoms with Crippen LogP contribution in [0, 0.1) is 0 Å². The van der Waals surface area contributed by atoms with Crippen molar-refractivity contribution in [2.75, 3.05) is 5.33 Å². The van der Waals surface area contributed by atoms with Crippen LogP contribution in [0.1, 0.15) is 0 Å². The summed E-state index contributed by atoms with van der Waals surface area (Å²) < 4.78 is 219. The molecule has 0 spiro atoms. The largest absolute Gasteiger partial charge is 0.460 e. The van der Waals surface area contributed by atoms with Gasteiger partial charge in [-0.3, -0.25) is 0 Å². The van der Waals surface area contributed by atoms with E-state index in [1.807, 2.05) is 15.9 Å². The van der Waals surface area contributed by atoms with Gasteiger partial charge in [0.15, 0.2) is 0 Å². The Morgan fingerprint density at radius 3 is 0.931 bits per heavy atom. The lowest BCUT2D eigenvalue weighted by atomic mass is 9.88. The lowest BCUT2D eigenvalue weighted by Crippen LogP contribution is -2.75. The molecule has 0 nitrogen and oxygen atoms in total. The number of rotatable bonds is 8. The molecule has 0 aliphatic carbocycles. The summed E-state index contributed by atoms with van der Waals surface area (Å²) in [4.78, 5) is -3.24. The molecular weight excluding hydrogens is 603 g/mol. The fourth-order valence-corrected chi connectivity index (χ4v) is 2.16. The topological polar surface area (TPSA) is 0 Å². The molecule has 0 radical (unpaired) electrons. The molecule has 0 saturated heterocycles. The first kappa shape index (κ1) is 28.8. The van der Waals surface area contributed by atoms with Crippen LogP contribution in [-0.2, 0) is 0 Å². The highest BCUT2D eigenvalue weighted by Gasteiger charge is 2.95. The van der Waals surface area contributed by atoms with Crippen molar-refractivity contribution in [3.63, 3.8) is 0 Å². The Hall–Kier alpha value is -0.230. The van der Waals surface area contributed by atoms with E-state index >= 15 is 0 Å². The molecule has 1 atom stereocenters. The molecule has 0 N–H and O–H groups in total. The van der Waals surface area contributed by atoms with Crippen LogP contribution in [0.5, 0.6) is 0 Å². The van der Waals surface area contributed by atoms with Crippen LogP contribution < -0.4 is 0 Å². The second-order valence-corrected chi connectivity index (χ2v) is 6.94. The highest BCUT2D eigenvalue weighted by atomic mass is 79.9. The van der Waals surface area contributed by atoms with Crippen LogP contribution in [0.2, 0.25) is 0 Å². The van der Waals surface area contributed by atoms with Crippen LogP contribution in [0.25, 0.3) is 0 Å². The predicted molar refractivity (Wildman–Crippen MR) is 67.2 cm³/mol. The van der Waals surface area contributed by atoms with Crippen molar-refractivity contribution in [2.45, 2.75) is 52.5 Å². The molecule has 0 rings (SSSR count). The molecule has 0 aromatic rings. The van der Waals surface area contributed by atoms with Gasteiger partial charge < -0.3 is 0 Å². The van der Waals surface area contributed by atoms with Crippen LogP contribution in [0.4, 0.5) is 74.6 Å². The Kier molecular flexibility index (Phi) is 7.37. The molecule has 0 heterocycles. The molecule has 0 aromatic carbocycles. The third kappa shape index (κ3) is 3.68. The van der Waals surface area contributed by atoms with E-state index < -0.39 is 57.8 Å². The molecule has 0 unspecified atom stereocenters. The van der Waals surface area contributed by atoms with Crippen molar-refractivity contribution in [3.8, 4) is 0 Å². The van der Waals surface area contributed by atoms with E-state index in [9.17, 15) is 74.6 Å². The molecule has 0 aromatic heterocycles. The van der Waals surface area contributed by atoms with E-state index in [1.54, 1.807) is 15.9 Å². The van der Waals surface area contributed by atoms with Gasteiger partial charge in [-0.1, -0.05) is 31.9 Å². The number of alkyl halides is 19. The molecule has 0 saturated carbocycles. The van der Waals surface area contributed by atoms with Crippen molar-refractivity contribution in [3.05, 3.63) is 0 Å². The smallest absolute Gasteiger partial charge is 0.198 e. The molecule has 0 amide bonds. The van der Waals surface area contributed by atoms with E-state index in [4.69, 9.17) is 0 Å². The van der Waals surface area contributed by atoms with E-state index in [0.717, 1.165) is 0 Å². The van der Waals surface area contributed by atoms with E-state index in [-0.39, 0.29) is 0 Å². The summed E-state index contributed by atoms with van der Waals surface area (Å²) in [7, 11) is 0. The van der Waals surface area contributed by atoms with Crippen molar-refractivity contribution in [1.29, 1.82) is 0 Å². The van der Waals surface area contributed by atoms with Crippen LogP contribution in [0.3, 0.4) is 0 Å². The first-order valence-electron chi connectivity index (χ1n) is 6.15. The second-order valence-electron chi connectivity index (χ2n) is 5.19. The summed E-state index contributed by atoms with van der Waals surface area (Å²) >= 11 is 3.58. The quantitative estimate of drug-likeness (QED) is 0.204. The van der Waals surface area contributed by atoms with Gasteiger partial charge in [0.2, 0.25) is 0 Å². The summed E-state index contributed by atoms with van der Waals surface area (Å²) in [6.07, 6.45) is -7.76. The summed E-state index contributed by atoms with van der Waals surface area (Å²) in [5, 5.41) is -1.45. The number of hydrogen-bond acceptors (Lipinski definition) is 0. The summed E-state index contributed by atoms with van der Waals surface area (Å²) in [5.41, 5.74) is 0. The SMILES string of the molecule is FC(F)(F)C(F)(F)C(F)(F)C(F)(F)C(F)(F)C(F)(F)C(F)(F)C(F)(F)[C@H](Br)CBr. The molecule has 19 heteroatoms. The fourth-order valence-electron chi connectivity index (χ4n) is 1.47. The number of hydrogen-bond donors (Lipinski definition) is 0. The van der Waals surface area contributed by atoms with Gasteiger partial charge in [-0.15, -0.1) is 0 Å². The van der Waals surface area contributed by atoms with Gasteiger partial charge in [0, 0.05) is 5.33 Å².